The molecule has 0 atom stereocenters. The van der Waals surface area contributed by atoms with Crippen molar-refractivity contribution < 1.29 is 4.79 Å². The zero-order chi connectivity index (χ0) is 15.5. The molecule has 0 unspecified atom stereocenters. The van der Waals surface area contributed by atoms with Crippen LogP contribution in [0.15, 0.2) is 61.1 Å². The summed E-state index contributed by atoms with van der Waals surface area (Å²) >= 11 is 7.82. The van der Waals surface area contributed by atoms with Gasteiger partial charge in [0.15, 0.2) is 0 Å². The van der Waals surface area contributed by atoms with Crippen molar-refractivity contribution in [3.05, 3.63) is 75.8 Å². The monoisotopic (exact) mass is 458 g/mol. The van der Waals surface area contributed by atoms with E-state index in [0.717, 1.165) is 16.8 Å². The maximum atomic E-state index is 11.3. The van der Waals surface area contributed by atoms with Gasteiger partial charge in [0.05, 0.1) is 18.2 Å². The normalized spacial score (nSPS) is 10.2. The number of aromatic nitrogens is 2. The van der Waals surface area contributed by atoms with Crippen molar-refractivity contribution in [1.82, 2.24) is 9.55 Å². The van der Waals surface area contributed by atoms with E-state index >= 15 is 0 Å². The van der Waals surface area contributed by atoms with Gasteiger partial charge in [-0.2, -0.15) is 0 Å². The second-order valence-corrected chi connectivity index (χ2v) is 6.48. The molecule has 1 heterocycles. The molecule has 0 spiro atoms. The van der Waals surface area contributed by atoms with E-state index in [1.165, 1.54) is 3.57 Å². The average Bonchev–Trinajstić information content (AvgIpc) is 2.96. The molecule has 0 fully saturated rings. The largest absolute Gasteiger partial charge is 0.326 e. The van der Waals surface area contributed by atoms with E-state index in [1.807, 2.05) is 24.4 Å². The summed E-state index contributed by atoms with van der Waals surface area (Å²) < 4.78 is 3.25. The van der Waals surface area contributed by atoms with Crippen molar-refractivity contribution in [2.75, 3.05) is 0 Å². The molecule has 0 bridgehead atoms. The predicted octanol–water partition coefficient (Wildman–Crippen LogP) is 5.00. The van der Waals surface area contributed by atoms with Gasteiger partial charge in [0, 0.05) is 15.7 Å². The molecular weight excluding hydrogens is 446 g/mol. The number of carbonyl (C=O) groups excluding carboxylic acids is 1. The number of carbonyl (C=O) groups is 1. The molecule has 0 N–H and O–H groups in total. The Bertz CT molecular complexity index is 815. The fraction of sp³-hybridized carbons (Fsp3) is 0.0588. The van der Waals surface area contributed by atoms with Crippen LogP contribution in [-0.2, 0) is 6.54 Å². The molecule has 6 heteroatoms. The summed E-state index contributed by atoms with van der Waals surface area (Å²) in [5, 5.41) is -0.440. The molecule has 0 radical (unpaired) electrons. The second kappa shape index (κ2) is 7.95. The SMILES string of the molecule is Cl.O=C(Cl)c1cccc(Cn2cncc2-c2ccc(I)cc2)c1. The summed E-state index contributed by atoms with van der Waals surface area (Å²) in [5.41, 5.74) is 3.67. The maximum Gasteiger partial charge on any atom is 0.252 e. The van der Waals surface area contributed by atoms with Gasteiger partial charge in [-0.1, -0.05) is 30.3 Å². The third kappa shape index (κ3) is 4.34. The van der Waals surface area contributed by atoms with Crippen LogP contribution in [0.4, 0.5) is 0 Å². The first-order valence-corrected chi connectivity index (χ1v) is 8.14. The molecule has 2 aromatic carbocycles. The minimum Gasteiger partial charge on any atom is -0.326 e. The first-order chi connectivity index (χ1) is 10.6. The molecule has 0 aliphatic rings. The zero-order valence-electron chi connectivity index (χ0n) is 11.9. The Balaban J connectivity index is 0.00000192. The Morgan fingerprint density at radius 3 is 2.61 bits per heavy atom. The highest BCUT2D eigenvalue weighted by Crippen LogP contribution is 2.21. The van der Waals surface area contributed by atoms with Crippen molar-refractivity contribution in [2.24, 2.45) is 0 Å². The molecule has 3 nitrogen and oxygen atoms in total. The van der Waals surface area contributed by atoms with Gasteiger partial charge in [-0.3, -0.25) is 4.79 Å². The first-order valence-electron chi connectivity index (χ1n) is 6.68. The van der Waals surface area contributed by atoms with Crippen molar-refractivity contribution in [2.45, 2.75) is 6.54 Å². The number of imidazole rings is 1. The quantitative estimate of drug-likeness (QED) is 0.407. The van der Waals surface area contributed by atoms with Crippen LogP contribution < -0.4 is 0 Å². The van der Waals surface area contributed by atoms with Crippen LogP contribution in [0, 0.1) is 3.57 Å². The first kappa shape index (κ1) is 18.0. The molecule has 0 saturated carbocycles. The van der Waals surface area contributed by atoms with Crippen LogP contribution in [0.1, 0.15) is 15.9 Å². The van der Waals surface area contributed by atoms with Crippen molar-refractivity contribution in [1.29, 1.82) is 0 Å². The number of rotatable bonds is 4. The summed E-state index contributed by atoms with van der Waals surface area (Å²) in [6.45, 7) is 0.638. The van der Waals surface area contributed by atoms with Crippen LogP contribution in [0.3, 0.4) is 0 Å². The van der Waals surface area contributed by atoms with E-state index in [9.17, 15) is 4.79 Å². The van der Waals surface area contributed by atoms with Crippen molar-refractivity contribution in [3.63, 3.8) is 0 Å². The topological polar surface area (TPSA) is 34.9 Å². The van der Waals surface area contributed by atoms with Crippen LogP contribution in [0.25, 0.3) is 11.3 Å². The molecule has 3 aromatic rings. The lowest BCUT2D eigenvalue weighted by atomic mass is 10.1. The van der Waals surface area contributed by atoms with Crippen LogP contribution >= 0.6 is 46.6 Å². The van der Waals surface area contributed by atoms with E-state index in [2.05, 4.69) is 56.4 Å². The molecule has 118 valence electrons. The van der Waals surface area contributed by atoms with E-state index < -0.39 is 5.24 Å². The van der Waals surface area contributed by atoms with Gasteiger partial charge in [-0.15, -0.1) is 12.4 Å². The number of hydrogen-bond donors (Lipinski definition) is 0. The Kier molecular flexibility index (Phi) is 6.21. The third-order valence-corrected chi connectivity index (χ3v) is 4.30. The highest BCUT2D eigenvalue weighted by molar-refractivity contribution is 14.1. The molecular formula is C17H13Cl2IN2O. The van der Waals surface area contributed by atoms with Crippen LogP contribution in [-0.4, -0.2) is 14.8 Å². The minimum absolute atomic E-state index is 0. The highest BCUT2D eigenvalue weighted by atomic mass is 127. The van der Waals surface area contributed by atoms with Gasteiger partial charge >= 0.3 is 0 Å². The highest BCUT2D eigenvalue weighted by Gasteiger charge is 2.07. The fourth-order valence-electron chi connectivity index (χ4n) is 2.30. The molecule has 0 aliphatic carbocycles. The fourth-order valence-corrected chi connectivity index (χ4v) is 2.77. The average molecular weight is 459 g/mol. The Morgan fingerprint density at radius 2 is 1.91 bits per heavy atom. The van der Waals surface area contributed by atoms with Gasteiger partial charge in [0.25, 0.3) is 5.24 Å². The summed E-state index contributed by atoms with van der Waals surface area (Å²) in [7, 11) is 0. The van der Waals surface area contributed by atoms with Gasteiger partial charge in [-0.05, 0) is 63.5 Å². The smallest absolute Gasteiger partial charge is 0.252 e. The lowest BCUT2D eigenvalue weighted by Crippen LogP contribution is -2.01. The van der Waals surface area contributed by atoms with Crippen molar-refractivity contribution in [3.8, 4) is 11.3 Å². The Hall–Kier alpha value is -1.37. The molecule has 0 aliphatic heterocycles. The zero-order valence-corrected chi connectivity index (χ0v) is 15.7. The number of benzene rings is 2. The molecule has 0 saturated heterocycles. The number of hydrogen-bond acceptors (Lipinski definition) is 2. The summed E-state index contributed by atoms with van der Waals surface area (Å²) in [4.78, 5) is 15.5. The van der Waals surface area contributed by atoms with Gasteiger partial charge < -0.3 is 4.57 Å². The van der Waals surface area contributed by atoms with Gasteiger partial charge in [0.2, 0.25) is 0 Å². The predicted molar refractivity (Wildman–Crippen MR) is 103 cm³/mol. The number of nitrogens with zero attached hydrogens (tertiary/aromatic N) is 2. The van der Waals surface area contributed by atoms with E-state index in [1.54, 1.807) is 12.4 Å². The van der Waals surface area contributed by atoms with E-state index in [0.29, 0.717) is 12.1 Å². The van der Waals surface area contributed by atoms with Gasteiger partial charge in [-0.25, -0.2) is 4.98 Å². The standard InChI is InChI=1S/C17H12ClIN2O.ClH/c18-17(22)14-3-1-2-12(8-14)10-21-11-20-9-16(21)13-4-6-15(19)7-5-13;/h1-9,11H,10H2;1H. The summed E-state index contributed by atoms with van der Waals surface area (Å²) in [6.07, 6.45) is 3.64. The maximum absolute atomic E-state index is 11.3. The summed E-state index contributed by atoms with van der Waals surface area (Å²) in [6, 6.07) is 15.6. The van der Waals surface area contributed by atoms with Crippen LogP contribution in [0.2, 0.25) is 0 Å². The van der Waals surface area contributed by atoms with Crippen molar-refractivity contribution >= 4 is 51.8 Å². The van der Waals surface area contributed by atoms with Gasteiger partial charge in [0.1, 0.15) is 0 Å². The lowest BCUT2D eigenvalue weighted by Gasteiger charge is -2.09. The molecule has 3 rings (SSSR count). The Labute approximate surface area is 159 Å². The van der Waals surface area contributed by atoms with E-state index in [4.69, 9.17) is 11.6 Å². The minimum atomic E-state index is -0.440. The lowest BCUT2D eigenvalue weighted by molar-refractivity contribution is 0.108. The van der Waals surface area contributed by atoms with E-state index in [-0.39, 0.29) is 12.4 Å². The number of halogens is 3. The second-order valence-electron chi connectivity index (χ2n) is 4.89. The third-order valence-electron chi connectivity index (χ3n) is 3.36. The van der Waals surface area contributed by atoms with Crippen LogP contribution in [0.5, 0.6) is 0 Å². The molecule has 0 amide bonds. The summed E-state index contributed by atoms with van der Waals surface area (Å²) in [5.74, 6) is 0. The molecule has 1 aromatic heterocycles. The Morgan fingerprint density at radius 1 is 1.17 bits per heavy atom. The molecule has 23 heavy (non-hydrogen) atoms.